The van der Waals surface area contributed by atoms with Gasteiger partial charge in [-0.15, -0.1) is 0 Å². The van der Waals surface area contributed by atoms with Crippen molar-refractivity contribution >= 4 is 11.6 Å². The first kappa shape index (κ1) is 14.8. The van der Waals surface area contributed by atoms with E-state index in [0.29, 0.717) is 6.54 Å². The fraction of sp³-hybridized carbons (Fsp3) is 0.500. The molecule has 0 saturated heterocycles. The summed E-state index contributed by atoms with van der Waals surface area (Å²) in [6, 6.07) is 7.56. The van der Waals surface area contributed by atoms with Gasteiger partial charge in [0.1, 0.15) is 0 Å². The van der Waals surface area contributed by atoms with Crippen molar-refractivity contribution in [3.63, 3.8) is 0 Å². The summed E-state index contributed by atoms with van der Waals surface area (Å²) in [5, 5.41) is 2.16. The molecule has 2 rings (SSSR count). The number of fused-ring (bicyclic) bond motifs is 1. The number of hydrogen-bond donors (Lipinski definition) is 1. The molecule has 1 amide bonds. The quantitative estimate of drug-likeness (QED) is 0.926. The lowest BCUT2D eigenvalue weighted by Crippen LogP contribution is -2.41. The lowest BCUT2D eigenvalue weighted by atomic mass is 10.1. The van der Waals surface area contributed by atoms with Crippen LogP contribution in [0.3, 0.4) is 0 Å². The Kier molecular flexibility index (Phi) is 4.65. The number of benzene rings is 1. The van der Waals surface area contributed by atoms with Crippen molar-refractivity contribution in [2.45, 2.75) is 25.4 Å². The van der Waals surface area contributed by atoms with Gasteiger partial charge in [-0.25, -0.2) is 0 Å². The van der Waals surface area contributed by atoms with E-state index in [1.165, 1.54) is 0 Å². The van der Waals surface area contributed by atoms with Crippen LogP contribution in [0.1, 0.15) is 18.4 Å². The SMILES string of the molecule is O=C(CNCC(F)(F)F)N1CCCCc2ccccc21. The van der Waals surface area contributed by atoms with Gasteiger partial charge in [-0.2, -0.15) is 13.2 Å². The minimum atomic E-state index is -4.29. The number of aryl methyl sites for hydroxylation is 1. The van der Waals surface area contributed by atoms with Gasteiger partial charge < -0.3 is 10.2 Å². The molecule has 0 aromatic heterocycles. The van der Waals surface area contributed by atoms with Crippen molar-refractivity contribution < 1.29 is 18.0 Å². The van der Waals surface area contributed by atoms with Crippen LogP contribution in [0.4, 0.5) is 18.9 Å². The molecule has 0 fully saturated rings. The van der Waals surface area contributed by atoms with Crippen molar-refractivity contribution in [2.75, 3.05) is 24.5 Å². The number of alkyl halides is 3. The van der Waals surface area contributed by atoms with Crippen molar-refractivity contribution in [1.29, 1.82) is 0 Å². The van der Waals surface area contributed by atoms with Crippen LogP contribution in [-0.2, 0) is 11.2 Å². The third-order valence-electron chi connectivity index (χ3n) is 3.26. The molecule has 1 aromatic rings. The molecule has 1 aromatic carbocycles. The molecular weight excluding hydrogens is 269 g/mol. The second-order valence-electron chi connectivity index (χ2n) is 4.85. The summed E-state index contributed by atoms with van der Waals surface area (Å²) in [5.41, 5.74) is 1.90. The Labute approximate surface area is 115 Å². The number of rotatable bonds is 3. The predicted octanol–water partition coefficient (Wildman–Crippen LogP) is 2.51. The highest BCUT2D eigenvalue weighted by molar-refractivity contribution is 5.95. The van der Waals surface area contributed by atoms with E-state index in [-0.39, 0.29) is 12.5 Å². The Morgan fingerprint density at radius 3 is 2.75 bits per heavy atom. The smallest absolute Gasteiger partial charge is 0.311 e. The van der Waals surface area contributed by atoms with E-state index in [0.717, 1.165) is 30.5 Å². The zero-order valence-electron chi connectivity index (χ0n) is 11.0. The summed E-state index contributed by atoms with van der Waals surface area (Å²) in [4.78, 5) is 13.7. The largest absolute Gasteiger partial charge is 0.401 e. The minimum Gasteiger partial charge on any atom is -0.311 e. The number of hydrogen-bond acceptors (Lipinski definition) is 2. The van der Waals surface area contributed by atoms with E-state index in [4.69, 9.17) is 0 Å². The Morgan fingerprint density at radius 1 is 1.25 bits per heavy atom. The average molecular weight is 286 g/mol. The molecule has 110 valence electrons. The van der Waals surface area contributed by atoms with Crippen LogP contribution in [0.15, 0.2) is 24.3 Å². The molecule has 0 bridgehead atoms. The molecule has 0 saturated carbocycles. The second-order valence-corrected chi connectivity index (χ2v) is 4.85. The zero-order valence-corrected chi connectivity index (χ0v) is 11.0. The number of halogens is 3. The minimum absolute atomic E-state index is 0.298. The number of carbonyl (C=O) groups is 1. The first-order chi connectivity index (χ1) is 9.47. The molecule has 0 aliphatic carbocycles. The highest BCUT2D eigenvalue weighted by atomic mass is 19.4. The highest BCUT2D eigenvalue weighted by Gasteiger charge is 2.27. The molecule has 1 heterocycles. The van der Waals surface area contributed by atoms with Gasteiger partial charge in [0.15, 0.2) is 0 Å². The van der Waals surface area contributed by atoms with Gasteiger partial charge >= 0.3 is 6.18 Å². The van der Waals surface area contributed by atoms with Crippen LogP contribution in [-0.4, -0.2) is 31.7 Å². The summed E-state index contributed by atoms with van der Waals surface area (Å²) in [5.74, 6) is -0.316. The van der Waals surface area contributed by atoms with Crippen molar-refractivity contribution in [3.8, 4) is 0 Å². The van der Waals surface area contributed by atoms with Crippen LogP contribution < -0.4 is 10.2 Å². The Balaban J connectivity index is 2.02. The molecular formula is C14H17F3N2O. The summed E-state index contributed by atoms with van der Waals surface area (Å²) in [6.45, 7) is -0.883. The average Bonchev–Trinajstić information content (AvgIpc) is 2.59. The molecule has 0 atom stereocenters. The fourth-order valence-corrected chi connectivity index (χ4v) is 2.36. The number of para-hydroxylation sites is 1. The Bertz CT molecular complexity index is 474. The van der Waals surface area contributed by atoms with E-state index in [9.17, 15) is 18.0 Å². The molecule has 0 unspecified atom stereocenters. The first-order valence-electron chi connectivity index (χ1n) is 6.63. The van der Waals surface area contributed by atoms with Crippen LogP contribution in [0.2, 0.25) is 0 Å². The lowest BCUT2D eigenvalue weighted by Gasteiger charge is -2.23. The van der Waals surface area contributed by atoms with Gasteiger partial charge in [-0.3, -0.25) is 4.79 Å². The molecule has 1 N–H and O–H groups in total. The maximum Gasteiger partial charge on any atom is 0.401 e. The highest BCUT2D eigenvalue weighted by Crippen LogP contribution is 2.26. The molecule has 1 aliphatic heterocycles. The summed E-state index contributed by atoms with van der Waals surface area (Å²) in [6.07, 6.45) is -1.55. The summed E-state index contributed by atoms with van der Waals surface area (Å²) < 4.78 is 36.2. The van der Waals surface area contributed by atoms with Crippen LogP contribution in [0, 0.1) is 0 Å². The molecule has 1 aliphatic rings. The number of nitrogens with one attached hydrogen (secondary N) is 1. The van der Waals surface area contributed by atoms with Crippen LogP contribution in [0.25, 0.3) is 0 Å². The van der Waals surface area contributed by atoms with E-state index in [1.807, 2.05) is 24.3 Å². The second kappa shape index (κ2) is 6.26. The van der Waals surface area contributed by atoms with Crippen LogP contribution in [0.5, 0.6) is 0 Å². The van der Waals surface area contributed by atoms with E-state index >= 15 is 0 Å². The van der Waals surface area contributed by atoms with Gasteiger partial charge in [0.05, 0.1) is 13.1 Å². The third kappa shape index (κ3) is 3.96. The summed E-state index contributed by atoms with van der Waals surface area (Å²) in [7, 11) is 0. The lowest BCUT2D eigenvalue weighted by molar-refractivity contribution is -0.127. The molecule has 0 spiro atoms. The van der Waals surface area contributed by atoms with Gasteiger partial charge in [0, 0.05) is 12.2 Å². The molecule has 0 radical (unpaired) electrons. The zero-order chi connectivity index (χ0) is 14.6. The maximum atomic E-state index is 12.1. The number of carbonyl (C=O) groups excluding carboxylic acids is 1. The van der Waals surface area contributed by atoms with Crippen LogP contribution >= 0.6 is 0 Å². The van der Waals surface area contributed by atoms with E-state index < -0.39 is 12.7 Å². The van der Waals surface area contributed by atoms with Crippen molar-refractivity contribution in [2.24, 2.45) is 0 Å². The number of anilines is 1. The monoisotopic (exact) mass is 286 g/mol. The standard InChI is InChI=1S/C14H17F3N2O/c15-14(16,17)10-18-9-13(20)19-8-4-3-6-11-5-1-2-7-12(11)19/h1-2,5,7,18H,3-4,6,8-10H2. The summed E-state index contributed by atoms with van der Waals surface area (Å²) >= 11 is 0. The van der Waals surface area contributed by atoms with Gasteiger partial charge in [-0.1, -0.05) is 18.2 Å². The van der Waals surface area contributed by atoms with E-state index in [2.05, 4.69) is 5.32 Å². The Hall–Kier alpha value is -1.56. The molecule has 20 heavy (non-hydrogen) atoms. The molecule has 3 nitrogen and oxygen atoms in total. The maximum absolute atomic E-state index is 12.1. The number of amides is 1. The fourth-order valence-electron chi connectivity index (χ4n) is 2.36. The van der Waals surface area contributed by atoms with Crippen molar-refractivity contribution in [1.82, 2.24) is 5.32 Å². The van der Waals surface area contributed by atoms with Gasteiger partial charge in [-0.05, 0) is 30.9 Å². The predicted molar refractivity (Wildman–Crippen MR) is 70.7 cm³/mol. The first-order valence-corrected chi connectivity index (χ1v) is 6.63. The molecule has 6 heteroatoms. The Morgan fingerprint density at radius 2 is 2.00 bits per heavy atom. The van der Waals surface area contributed by atoms with Gasteiger partial charge in [0.2, 0.25) is 5.91 Å². The van der Waals surface area contributed by atoms with E-state index in [1.54, 1.807) is 4.90 Å². The third-order valence-corrected chi connectivity index (χ3v) is 3.26. The number of nitrogens with zero attached hydrogens (tertiary/aromatic N) is 1. The van der Waals surface area contributed by atoms with Gasteiger partial charge in [0.25, 0.3) is 0 Å². The van der Waals surface area contributed by atoms with Crippen molar-refractivity contribution in [3.05, 3.63) is 29.8 Å². The topological polar surface area (TPSA) is 32.3 Å². The normalized spacial score (nSPS) is 15.7.